The largest absolute Gasteiger partial charge is 0.288 e. The molecule has 0 aliphatic rings. The molecule has 0 radical (unpaired) electrons. The van der Waals surface area contributed by atoms with Crippen LogP contribution in [0, 0.1) is 0 Å². The molecule has 0 fully saturated rings. The molecular weight excluding hydrogens is 358 g/mol. The summed E-state index contributed by atoms with van der Waals surface area (Å²) in [5.41, 5.74) is 6.13. The summed E-state index contributed by atoms with van der Waals surface area (Å²) in [6, 6.07) is 17.9. The predicted octanol–water partition coefficient (Wildman–Crippen LogP) is 3.07. The van der Waals surface area contributed by atoms with Gasteiger partial charge in [-0.2, -0.15) is 0 Å². The van der Waals surface area contributed by atoms with E-state index in [1.165, 1.54) is 0 Å². The lowest BCUT2D eigenvalue weighted by atomic mass is 10.2. The normalized spacial score (nSPS) is 10.3. The van der Waals surface area contributed by atoms with E-state index in [-0.39, 0.29) is 5.69 Å². The van der Waals surface area contributed by atoms with Crippen LogP contribution in [0.4, 0.5) is 0 Å². The highest BCUT2D eigenvalue weighted by molar-refractivity contribution is 9.10. The average Bonchev–Trinajstić information content (AvgIpc) is 2.59. The lowest BCUT2D eigenvalue weighted by Gasteiger charge is -2.08. The minimum Gasteiger partial charge on any atom is -0.267 e. The van der Waals surface area contributed by atoms with Gasteiger partial charge < -0.3 is 0 Å². The molecule has 0 saturated heterocycles. The minimum absolute atomic E-state index is 0.233. The van der Waals surface area contributed by atoms with Gasteiger partial charge in [0.15, 0.2) is 0 Å². The Morgan fingerprint density at radius 3 is 2.35 bits per heavy atom. The van der Waals surface area contributed by atoms with E-state index in [4.69, 9.17) is 0 Å². The molecule has 0 aliphatic heterocycles. The van der Waals surface area contributed by atoms with Gasteiger partial charge in [0.2, 0.25) is 0 Å². The first-order valence-corrected chi connectivity index (χ1v) is 7.65. The number of carbonyl (C=O) groups is 2. The predicted molar refractivity (Wildman–Crippen MR) is 90.8 cm³/mol. The molecule has 23 heavy (non-hydrogen) atoms. The molecule has 3 aromatic rings. The van der Waals surface area contributed by atoms with Crippen LogP contribution in [0.1, 0.15) is 20.8 Å². The Kier molecular flexibility index (Phi) is 4.34. The first kappa shape index (κ1) is 15.2. The highest BCUT2D eigenvalue weighted by atomic mass is 79.9. The van der Waals surface area contributed by atoms with Crippen molar-refractivity contribution in [1.29, 1.82) is 0 Å². The summed E-state index contributed by atoms with van der Waals surface area (Å²) in [6.07, 6.45) is 0. The van der Waals surface area contributed by atoms with Crippen molar-refractivity contribution in [3.63, 3.8) is 0 Å². The quantitative estimate of drug-likeness (QED) is 0.681. The first-order chi connectivity index (χ1) is 11.1. The molecule has 1 heterocycles. The third-order valence-electron chi connectivity index (χ3n) is 3.24. The number of nitrogens with zero attached hydrogens (tertiary/aromatic N) is 1. The summed E-state index contributed by atoms with van der Waals surface area (Å²) in [6.45, 7) is 0. The van der Waals surface area contributed by atoms with Crippen molar-refractivity contribution in [3.05, 3.63) is 76.4 Å². The van der Waals surface area contributed by atoms with Crippen LogP contribution in [-0.2, 0) is 0 Å². The summed E-state index contributed by atoms with van der Waals surface area (Å²) >= 11 is 3.29. The second-order valence-corrected chi connectivity index (χ2v) is 5.63. The fourth-order valence-corrected chi connectivity index (χ4v) is 2.55. The number of halogens is 1. The maximum absolute atomic E-state index is 12.1. The van der Waals surface area contributed by atoms with E-state index >= 15 is 0 Å². The molecule has 2 amide bonds. The Labute approximate surface area is 140 Å². The molecule has 0 saturated carbocycles. The van der Waals surface area contributed by atoms with Gasteiger partial charge >= 0.3 is 0 Å². The van der Waals surface area contributed by atoms with Crippen molar-refractivity contribution in [1.82, 2.24) is 15.8 Å². The third-order valence-corrected chi connectivity index (χ3v) is 3.93. The zero-order valence-corrected chi connectivity index (χ0v) is 13.5. The number of rotatable bonds is 2. The molecule has 2 aromatic carbocycles. The van der Waals surface area contributed by atoms with Gasteiger partial charge in [-0.05, 0) is 40.2 Å². The maximum Gasteiger partial charge on any atom is 0.288 e. The highest BCUT2D eigenvalue weighted by Gasteiger charge is 2.12. The molecule has 114 valence electrons. The molecule has 0 unspecified atom stereocenters. The van der Waals surface area contributed by atoms with E-state index in [2.05, 4.69) is 31.8 Å². The smallest absolute Gasteiger partial charge is 0.267 e. The number of pyridine rings is 1. The zero-order valence-electron chi connectivity index (χ0n) is 11.9. The molecule has 3 rings (SSSR count). The second kappa shape index (κ2) is 6.58. The average molecular weight is 370 g/mol. The van der Waals surface area contributed by atoms with Crippen molar-refractivity contribution >= 4 is 38.6 Å². The Balaban J connectivity index is 1.71. The Morgan fingerprint density at radius 2 is 1.52 bits per heavy atom. The van der Waals surface area contributed by atoms with E-state index in [9.17, 15) is 9.59 Å². The monoisotopic (exact) mass is 369 g/mol. The van der Waals surface area contributed by atoms with Gasteiger partial charge in [0.1, 0.15) is 5.69 Å². The molecule has 1 aromatic heterocycles. The summed E-state index contributed by atoms with van der Waals surface area (Å²) in [7, 11) is 0. The van der Waals surface area contributed by atoms with Gasteiger partial charge in [0, 0.05) is 9.86 Å². The van der Waals surface area contributed by atoms with Crippen LogP contribution < -0.4 is 10.9 Å². The molecule has 0 aliphatic carbocycles. The van der Waals surface area contributed by atoms with Crippen LogP contribution in [0.15, 0.2) is 65.1 Å². The SMILES string of the molecule is O=C(NNC(=O)c1ccccc1Br)c1ccc2ccccc2n1. The van der Waals surface area contributed by atoms with Crippen molar-refractivity contribution in [3.8, 4) is 0 Å². The summed E-state index contributed by atoms with van der Waals surface area (Å²) in [5, 5.41) is 0.946. The number of nitrogens with one attached hydrogen (secondary N) is 2. The minimum atomic E-state index is -0.476. The lowest BCUT2D eigenvalue weighted by Crippen LogP contribution is -2.42. The van der Waals surface area contributed by atoms with Crippen LogP contribution in [0.3, 0.4) is 0 Å². The molecule has 6 heteroatoms. The fourth-order valence-electron chi connectivity index (χ4n) is 2.08. The Morgan fingerprint density at radius 1 is 0.826 bits per heavy atom. The van der Waals surface area contributed by atoms with E-state index < -0.39 is 11.8 Å². The molecule has 5 nitrogen and oxygen atoms in total. The Bertz CT molecular complexity index is 896. The van der Waals surface area contributed by atoms with Crippen LogP contribution in [0.25, 0.3) is 10.9 Å². The number of carbonyl (C=O) groups excluding carboxylic acids is 2. The first-order valence-electron chi connectivity index (χ1n) is 6.86. The number of amides is 2. The maximum atomic E-state index is 12.1. The van der Waals surface area contributed by atoms with Gasteiger partial charge in [-0.15, -0.1) is 0 Å². The van der Waals surface area contributed by atoms with Crippen molar-refractivity contribution in [2.75, 3.05) is 0 Å². The van der Waals surface area contributed by atoms with E-state index in [0.717, 1.165) is 10.9 Å². The number of para-hydroxylation sites is 1. The van der Waals surface area contributed by atoms with Crippen molar-refractivity contribution < 1.29 is 9.59 Å². The van der Waals surface area contributed by atoms with Gasteiger partial charge in [-0.3, -0.25) is 20.4 Å². The highest BCUT2D eigenvalue weighted by Crippen LogP contribution is 2.15. The Hall–Kier alpha value is -2.73. The topological polar surface area (TPSA) is 71.1 Å². The van der Waals surface area contributed by atoms with Crippen molar-refractivity contribution in [2.24, 2.45) is 0 Å². The van der Waals surface area contributed by atoms with E-state index in [0.29, 0.717) is 10.0 Å². The summed E-state index contributed by atoms with van der Waals surface area (Å²) in [4.78, 5) is 28.4. The molecule has 2 N–H and O–H groups in total. The summed E-state index contributed by atoms with van der Waals surface area (Å²) < 4.78 is 0.649. The molecule has 0 bridgehead atoms. The number of hydrogen-bond donors (Lipinski definition) is 2. The molecule has 0 atom stereocenters. The van der Waals surface area contributed by atoms with Crippen molar-refractivity contribution in [2.45, 2.75) is 0 Å². The molecular formula is C17H12BrN3O2. The number of hydrazine groups is 1. The molecule has 0 spiro atoms. The summed E-state index contributed by atoms with van der Waals surface area (Å²) in [5.74, 6) is -0.886. The van der Waals surface area contributed by atoms with Gasteiger partial charge in [-0.1, -0.05) is 36.4 Å². The zero-order chi connectivity index (χ0) is 16.2. The number of aromatic nitrogens is 1. The van der Waals surface area contributed by atoms with Gasteiger partial charge in [0.25, 0.3) is 11.8 Å². The third kappa shape index (κ3) is 3.37. The fraction of sp³-hybridized carbons (Fsp3) is 0. The van der Waals surface area contributed by atoms with Gasteiger partial charge in [-0.25, -0.2) is 4.98 Å². The second-order valence-electron chi connectivity index (χ2n) is 4.78. The van der Waals surface area contributed by atoms with Crippen LogP contribution >= 0.6 is 15.9 Å². The van der Waals surface area contributed by atoms with E-state index in [1.54, 1.807) is 30.3 Å². The van der Waals surface area contributed by atoms with E-state index in [1.807, 2.05) is 30.3 Å². The number of hydrogen-bond acceptors (Lipinski definition) is 3. The van der Waals surface area contributed by atoms with Crippen LogP contribution in [0.2, 0.25) is 0 Å². The lowest BCUT2D eigenvalue weighted by molar-refractivity contribution is 0.0843. The van der Waals surface area contributed by atoms with Gasteiger partial charge in [0.05, 0.1) is 11.1 Å². The van der Waals surface area contributed by atoms with Crippen LogP contribution in [0.5, 0.6) is 0 Å². The number of fused-ring (bicyclic) bond motifs is 1. The number of benzene rings is 2. The van der Waals surface area contributed by atoms with Crippen LogP contribution in [-0.4, -0.2) is 16.8 Å². The standard InChI is InChI=1S/C17H12BrN3O2/c18-13-7-3-2-6-12(13)16(22)20-21-17(23)15-10-9-11-5-1-4-8-14(11)19-15/h1-10H,(H,20,22)(H,21,23).